The van der Waals surface area contributed by atoms with Crippen molar-refractivity contribution in [1.29, 1.82) is 0 Å². The van der Waals surface area contributed by atoms with Gasteiger partial charge >= 0.3 is 6.09 Å². The van der Waals surface area contributed by atoms with Gasteiger partial charge in [-0.2, -0.15) is 0 Å². The van der Waals surface area contributed by atoms with Crippen molar-refractivity contribution < 1.29 is 14.3 Å². The molecule has 23 heavy (non-hydrogen) atoms. The molecule has 0 radical (unpaired) electrons. The monoisotopic (exact) mass is 361 g/mol. The van der Waals surface area contributed by atoms with Gasteiger partial charge in [0.2, 0.25) is 0 Å². The lowest BCUT2D eigenvalue weighted by atomic mass is 10.1. The largest absolute Gasteiger partial charge is 0.444 e. The van der Waals surface area contributed by atoms with Gasteiger partial charge in [0.25, 0.3) is 0 Å². The standard InChI is InChI=1S/C15H21Cl2N3O3/c1-15(2,3)23-14(21)20(10-4-6-22-7-5-10)8-11-12(16)18-9-19-13(11)17/h9-10H,4-8H2,1-3H3. The fourth-order valence-corrected chi connectivity index (χ4v) is 2.77. The van der Waals surface area contributed by atoms with E-state index in [4.69, 9.17) is 32.7 Å². The van der Waals surface area contributed by atoms with Crippen LogP contribution in [0.5, 0.6) is 0 Å². The Hall–Kier alpha value is -1.11. The first kappa shape index (κ1) is 18.2. The number of nitrogens with zero attached hydrogens (tertiary/aromatic N) is 3. The summed E-state index contributed by atoms with van der Waals surface area (Å²) in [5, 5.41) is 0.483. The summed E-state index contributed by atoms with van der Waals surface area (Å²) in [5.41, 5.74) is -0.0606. The molecule has 0 aliphatic carbocycles. The van der Waals surface area contributed by atoms with Gasteiger partial charge in [-0.05, 0) is 33.6 Å². The number of rotatable bonds is 3. The van der Waals surface area contributed by atoms with Gasteiger partial charge in [0, 0.05) is 24.8 Å². The quantitative estimate of drug-likeness (QED) is 0.767. The Kier molecular flexibility index (Phi) is 6.06. The maximum atomic E-state index is 12.6. The summed E-state index contributed by atoms with van der Waals surface area (Å²) in [6.45, 7) is 6.92. The molecule has 1 amide bonds. The summed E-state index contributed by atoms with van der Waals surface area (Å²) in [4.78, 5) is 22.1. The van der Waals surface area contributed by atoms with Crippen LogP contribution in [0.4, 0.5) is 4.79 Å². The molecule has 0 bridgehead atoms. The van der Waals surface area contributed by atoms with Crippen molar-refractivity contribution in [2.24, 2.45) is 0 Å². The molecule has 0 atom stereocenters. The van der Waals surface area contributed by atoms with Crippen LogP contribution in [0.1, 0.15) is 39.2 Å². The molecule has 2 rings (SSSR count). The lowest BCUT2D eigenvalue weighted by Crippen LogP contribution is -2.45. The minimum atomic E-state index is -0.582. The zero-order chi connectivity index (χ0) is 17.0. The molecule has 0 spiro atoms. The van der Waals surface area contributed by atoms with Crippen LogP contribution >= 0.6 is 23.2 Å². The third-order valence-corrected chi connectivity index (χ3v) is 4.08. The summed E-state index contributed by atoms with van der Waals surface area (Å²) in [7, 11) is 0. The molecule has 128 valence electrons. The second kappa shape index (κ2) is 7.64. The Morgan fingerprint density at radius 2 is 1.87 bits per heavy atom. The SMILES string of the molecule is CC(C)(C)OC(=O)N(Cc1c(Cl)ncnc1Cl)C1CCOCC1. The van der Waals surface area contributed by atoms with E-state index in [-0.39, 0.29) is 22.9 Å². The number of carbonyl (C=O) groups is 1. The Morgan fingerprint density at radius 1 is 1.30 bits per heavy atom. The number of halogens is 2. The fourth-order valence-electron chi connectivity index (χ4n) is 2.33. The molecule has 6 nitrogen and oxygen atoms in total. The highest BCUT2D eigenvalue weighted by Crippen LogP contribution is 2.26. The van der Waals surface area contributed by atoms with Gasteiger partial charge in [0.15, 0.2) is 0 Å². The van der Waals surface area contributed by atoms with Gasteiger partial charge in [-0.25, -0.2) is 14.8 Å². The smallest absolute Gasteiger partial charge is 0.410 e. The lowest BCUT2D eigenvalue weighted by Gasteiger charge is -2.35. The summed E-state index contributed by atoms with van der Waals surface area (Å²) in [6, 6.07) is 0.00550. The first-order valence-electron chi connectivity index (χ1n) is 7.50. The second-order valence-corrected chi connectivity index (χ2v) is 7.10. The Morgan fingerprint density at radius 3 is 2.39 bits per heavy atom. The van der Waals surface area contributed by atoms with Crippen LogP contribution in [0, 0.1) is 0 Å². The first-order valence-corrected chi connectivity index (χ1v) is 8.26. The molecule has 0 aromatic carbocycles. The summed E-state index contributed by atoms with van der Waals surface area (Å²) in [6.07, 6.45) is 2.37. The highest BCUT2D eigenvalue weighted by Gasteiger charge is 2.31. The maximum Gasteiger partial charge on any atom is 0.410 e. The van der Waals surface area contributed by atoms with Crippen LogP contribution in [0.25, 0.3) is 0 Å². The Bertz CT molecular complexity index is 537. The number of aromatic nitrogens is 2. The summed E-state index contributed by atoms with van der Waals surface area (Å²) in [5.74, 6) is 0. The van der Waals surface area contributed by atoms with E-state index in [9.17, 15) is 4.79 Å². The zero-order valence-electron chi connectivity index (χ0n) is 13.5. The maximum absolute atomic E-state index is 12.6. The van der Waals surface area contributed by atoms with Crippen LogP contribution < -0.4 is 0 Å². The van der Waals surface area contributed by atoms with E-state index in [0.29, 0.717) is 18.8 Å². The van der Waals surface area contributed by atoms with E-state index >= 15 is 0 Å². The van der Waals surface area contributed by atoms with Crippen LogP contribution in [0.15, 0.2) is 6.33 Å². The van der Waals surface area contributed by atoms with Crippen LogP contribution in [0.3, 0.4) is 0 Å². The van der Waals surface area contributed by atoms with Gasteiger partial charge in [-0.15, -0.1) is 0 Å². The molecule has 1 aromatic rings. The van der Waals surface area contributed by atoms with Gasteiger partial charge in [-0.3, -0.25) is 0 Å². The lowest BCUT2D eigenvalue weighted by molar-refractivity contribution is -0.00810. The molecule has 1 saturated heterocycles. The van der Waals surface area contributed by atoms with Gasteiger partial charge in [0.05, 0.1) is 6.54 Å². The van der Waals surface area contributed by atoms with Crippen LogP contribution in [-0.4, -0.2) is 45.8 Å². The molecule has 2 heterocycles. The predicted octanol–water partition coefficient (Wildman–Crippen LogP) is 3.70. The number of amides is 1. The molecule has 1 fully saturated rings. The van der Waals surface area contributed by atoms with Crippen molar-refractivity contribution in [3.05, 3.63) is 22.2 Å². The van der Waals surface area contributed by atoms with Gasteiger partial charge in [0.1, 0.15) is 22.2 Å². The third kappa shape index (κ3) is 5.19. The molecule has 1 aliphatic rings. The average molecular weight is 362 g/mol. The van der Waals surface area contributed by atoms with Gasteiger partial charge < -0.3 is 14.4 Å². The predicted molar refractivity (Wildman–Crippen MR) is 87.7 cm³/mol. The molecule has 8 heteroatoms. The number of ether oxygens (including phenoxy) is 2. The highest BCUT2D eigenvalue weighted by molar-refractivity contribution is 6.34. The van der Waals surface area contributed by atoms with E-state index in [1.54, 1.807) is 4.90 Å². The molecular formula is C15H21Cl2N3O3. The Labute approximate surface area is 146 Å². The average Bonchev–Trinajstić information content (AvgIpc) is 2.46. The topological polar surface area (TPSA) is 64.5 Å². The highest BCUT2D eigenvalue weighted by atomic mass is 35.5. The van der Waals surface area contributed by atoms with Crippen molar-refractivity contribution in [1.82, 2.24) is 14.9 Å². The van der Waals surface area contributed by atoms with Crippen molar-refractivity contribution in [2.45, 2.75) is 51.8 Å². The van der Waals surface area contributed by atoms with Crippen molar-refractivity contribution in [3.63, 3.8) is 0 Å². The first-order chi connectivity index (χ1) is 10.8. The minimum Gasteiger partial charge on any atom is -0.444 e. The Balaban J connectivity index is 2.24. The van der Waals surface area contributed by atoms with E-state index in [1.807, 2.05) is 20.8 Å². The second-order valence-electron chi connectivity index (χ2n) is 6.39. The van der Waals surface area contributed by atoms with Crippen LogP contribution in [0.2, 0.25) is 10.3 Å². The number of hydrogen-bond acceptors (Lipinski definition) is 5. The molecule has 0 N–H and O–H groups in total. The van der Waals surface area contributed by atoms with Crippen molar-refractivity contribution in [3.8, 4) is 0 Å². The fraction of sp³-hybridized carbons (Fsp3) is 0.667. The molecule has 0 unspecified atom stereocenters. The summed E-state index contributed by atoms with van der Waals surface area (Å²) < 4.78 is 10.9. The number of hydrogen-bond donors (Lipinski definition) is 0. The third-order valence-electron chi connectivity index (χ3n) is 3.43. The van der Waals surface area contributed by atoms with Crippen molar-refractivity contribution >= 4 is 29.3 Å². The van der Waals surface area contributed by atoms with Crippen LogP contribution in [-0.2, 0) is 16.0 Å². The van der Waals surface area contributed by atoms with E-state index < -0.39 is 11.7 Å². The molecule has 1 aliphatic heterocycles. The van der Waals surface area contributed by atoms with Crippen molar-refractivity contribution in [2.75, 3.05) is 13.2 Å². The summed E-state index contributed by atoms with van der Waals surface area (Å²) >= 11 is 12.2. The van der Waals surface area contributed by atoms with E-state index in [0.717, 1.165) is 12.8 Å². The zero-order valence-corrected chi connectivity index (χ0v) is 15.0. The van der Waals surface area contributed by atoms with E-state index in [2.05, 4.69) is 9.97 Å². The number of carbonyl (C=O) groups excluding carboxylic acids is 1. The van der Waals surface area contributed by atoms with Gasteiger partial charge in [-0.1, -0.05) is 23.2 Å². The normalized spacial score (nSPS) is 16.2. The molecule has 1 aromatic heterocycles. The minimum absolute atomic E-state index is 0.00550. The molecular weight excluding hydrogens is 341 g/mol. The molecule has 0 saturated carbocycles. The van der Waals surface area contributed by atoms with E-state index in [1.165, 1.54) is 6.33 Å².